The highest BCUT2D eigenvalue weighted by molar-refractivity contribution is 9.10. The first-order valence-electron chi connectivity index (χ1n) is 5.07. The number of aromatic nitrogens is 1. The molecule has 0 bridgehead atoms. The summed E-state index contributed by atoms with van der Waals surface area (Å²) in [5.41, 5.74) is 2.60. The third-order valence-electron chi connectivity index (χ3n) is 2.11. The van der Waals surface area contributed by atoms with Gasteiger partial charge in [0.2, 0.25) is 0 Å². The van der Waals surface area contributed by atoms with Crippen molar-refractivity contribution in [2.45, 2.75) is 27.2 Å². The summed E-state index contributed by atoms with van der Waals surface area (Å²) in [6, 6.07) is 6.31. The minimum absolute atomic E-state index is 1.08. The van der Waals surface area contributed by atoms with Gasteiger partial charge in [-0.25, -0.2) is 0 Å². The molecule has 1 aromatic carbocycles. The molecule has 0 aliphatic carbocycles. The Hall–Kier alpha value is -0.760. The molecule has 0 unspecified atom stereocenters. The molecule has 0 saturated heterocycles. The maximum absolute atomic E-state index is 3.47. The van der Waals surface area contributed by atoms with Crippen LogP contribution in [0, 0.1) is 0 Å². The monoisotopic (exact) mass is 253 g/mol. The lowest BCUT2D eigenvalue weighted by atomic mass is 10.1. The zero-order valence-electron chi connectivity index (χ0n) is 8.89. The molecule has 1 nitrogen and oxygen atoms in total. The van der Waals surface area contributed by atoms with Crippen LogP contribution in [0.1, 0.15) is 26.3 Å². The summed E-state index contributed by atoms with van der Waals surface area (Å²) in [7, 11) is 0. The second-order valence-corrected chi connectivity index (χ2v) is 3.77. The molecule has 0 radical (unpaired) electrons. The van der Waals surface area contributed by atoms with Crippen LogP contribution in [-0.4, -0.2) is 4.98 Å². The molecule has 2 aromatic rings. The summed E-state index contributed by atoms with van der Waals surface area (Å²) in [5.74, 6) is 0. The Morgan fingerprint density at radius 2 is 2.00 bits per heavy atom. The lowest BCUT2D eigenvalue weighted by Crippen LogP contribution is -1.74. The molecule has 2 rings (SSSR count). The van der Waals surface area contributed by atoms with Crippen molar-refractivity contribution >= 4 is 26.8 Å². The van der Waals surface area contributed by atoms with Gasteiger partial charge in [-0.3, -0.25) is 0 Å². The first kappa shape index (κ1) is 11.3. The van der Waals surface area contributed by atoms with E-state index in [-0.39, 0.29) is 0 Å². The SMILES string of the molecule is CC.CCc1c[nH]c2ccc(Br)cc12. The molecule has 0 fully saturated rings. The maximum atomic E-state index is 3.47. The Bertz CT molecular complexity index is 404. The van der Waals surface area contributed by atoms with E-state index in [1.807, 2.05) is 13.8 Å². The Balaban J connectivity index is 0.000000461. The number of H-pyrrole nitrogens is 1. The predicted octanol–water partition coefficient (Wildman–Crippen LogP) is 4.52. The fraction of sp³-hybridized carbons (Fsp3) is 0.333. The highest BCUT2D eigenvalue weighted by atomic mass is 79.9. The second kappa shape index (κ2) is 5.20. The predicted molar refractivity (Wildman–Crippen MR) is 66.7 cm³/mol. The van der Waals surface area contributed by atoms with Gasteiger partial charge in [-0.1, -0.05) is 36.7 Å². The van der Waals surface area contributed by atoms with Gasteiger partial charge in [0, 0.05) is 21.6 Å². The topological polar surface area (TPSA) is 15.8 Å². The molecule has 0 amide bonds. The van der Waals surface area contributed by atoms with Crippen LogP contribution in [0.4, 0.5) is 0 Å². The standard InChI is InChI=1S/C10H10BrN.C2H6/c1-2-7-6-12-10-4-3-8(11)5-9(7)10;1-2/h3-6,12H,2H2,1H3;1-2H3. The lowest BCUT2D eigenvalue weighted by molar-refractivity contribution is 1.15. The molecule has 76 valence electrons. The molecule has 1 heterocycles. The zero-order chi connectivity index (χ0) is 10.6. The van der Waals surface area contributed by atoms with Crippen molar-refractivity contribution in [3.05, 3.63) is 34.4 Å². The Kier molecular flexibility index (Phi) is 4.21. The molecule has 0 spiro atoms. The number of rotatable bonds is 1. The van der Waals surface area contributed by atoms with Crippen LogP contribution in [0.25, 0.3) is 10.9 Å². The Labute approximate surface area is 93.7 Å². The molecule has 14 heavy (non-hydrogen) atoms. The first-order valence-corrected chi connectivity index (χ1v) is 5.86. The van der Waals surface area contributed by atoms with Crippen LogP contribution >= 0.6 is 15.9 Å². The quantitative estimate of drug-likeness (QED) is 0.770. The van der Waals surface area contributed by atoms with Gasteiger partial charge in [0.1, 0.15) is 0 Å². The molecule has 1 N–H and O–H groups in total. The van der Waals surface area contributed by atoms with Crippen molar-refractivity contribution in [1.29, 1.82) is 0 Å². The molecular formula is C12H16BrN. The van der Waals surface area contributed by atoms with E-state index >= 15 is 0 Å². The van der Waals surface area contributed by atoms with E-state index in [4.69, 9.17) is 0 Å². The third-order valence-corrected chi connectivity index (χ3v) is 2.60. The van der Waals surface area contributed by atoms with Gasteiger partial charge < -0.3 is 4.98 Å². The van der Waals surface area contributed by atoms with Crippen LogP contribution in [0.3, 0.4) is 0 Å². The van der Waals surface area contributed by atoms with Gasteiger partial charge in [0.25, 0.3) is 0 Å². The highest BCUT2D eigenvalue weighted by Crippen LogP contribution is 2.22. The van der Waals surface area contributed by atoms with Crippen LogP contribution in [0.15, 0.2) is 28.9 Å². The molecular weight excluding hydrogens is 238 g/mol. The van der Waals surface area contributed by atoms with E-state index in [9.17, 15) is 0 Å². The maximum Gasteiger partial charge on any atom is 0.0457 e. The van der Waals surface area contributed by atoms with E-state index in [1.165, 1.54) is 16.5 Å². The van der Waals surface area contributed by atoms with Gasteiger partial charge in [0.05, 0.1) is 0 Å². The van der Waals surface area contributed by atoms with Crippen molar-refractivity contribution in [3.63, 3.8) is 0 Å². The van der Waals surface area contributed by atoms with Crippen LogP contribution in [0.5, 0.6) is 0 Å². The number of hydrogen-bond acceptors (Lipinski definition) is 0. The molecule has 0 aliphatic rings. The van der Waals surface area contributed by atoms with Gasteiger partial charge in [-0.05, 0) is 30.2 Å². The zero-order valence-corrected chi connectivity index (χ0v) is 10.5. The minimum atomic E-state index is 1.08. The first-order chi connectivity index (χ1) is 6.81. The van der Waals surface area contributed by atoms with E-state index in [1.54, 1.807) is 0 Å². The molecule has 2 heteroatoms. The summed E-state index contributed by atoms with van der Waals surface area (Å²) >= 11 is 3.47. The summed E-state index contributed by atoms with van der Waals surface area (Å²) in [6.07, 6.45) is 3.16. The lowest BCUT2D eigenvalue weighted by Gasteiger charge is -1.94. The highest BCUT2D eigenvalue weighted by Gasteiger charge is 2.00. The smallest absolute Gasteiger partial charge is 0.0457 e. The number of aryl methyl sites for hydroxylation is 1. The second-order valence-electron chi connectivity index (χ2n) is 2.86. The molecule has 0 aliphatic heterocycles. The Morgan fingerprint density at radius 1 is 1.29 bits per heavy atom. The number of hydrogen-bond donors (Lipinski definition) is 1. The van der Waals surface area contributed by atoms with Crippen LogP contribution in [-0.2, 0) is 6.42 Å². The van der Waals surface area contributed by atoms with Crippen LogP contribution < -0.4 is 0 Å². The summed E-state index contributed by atoms with van der Waals surface area (Å²) in [6.45, 7) is 6.17. The van der Waals surface area contributed by atoms with Crippen LogP contribution in [0.2, 0.25) is 0 Å². The van der Waals surface area contributed by atoms with Gasteiger partial charge in [-0.2, -0.15) is 0 Å². The fourth-order valence-electron chi connectivity index (χ4n) is 1.44. The van der Waals surface area contributed by atoms with E-state index in [0.717, 1.165) is 10.9 Å². The average molecular weight is 254 g/mol. The van der Waals surface area contributed by atoms with Gasteiger partial charge in [0.15, 0.2) is 0 Å². The van der Waals surface area contributed by atoms with Crippen molar-refractivity contribution < 1.29 is 0 Å². The minimum Gasteiger partial charge on any atom is -0.361 e. The average Bonchev–Trinajstić information content (AvgIpc) is 2.63. The van der Waals surface area contributed by atoms with E-state index in [2.05, 4.69) is 52.2 Å². The normalized spacial score (nSPS) is 9.71. The van der Waals surface area contributed by atoms with Crippen molar-refractivity contribution in [2.24, 2.45) is 0 Å². The number of halogens is 1. The number of aromatic amines is 1. The van der Waals surface area contributed by atoms with Crippen molar-refractivity contribution in [2.75, 3.05) is 0 Å². The largest absolute Gasteiger partial charge is 0.361 e. The fourth-order valence-corrected chi connectivity index (χ4v) is 1.80. The van der Waals surface area contributed by atoms with E-state index in [0.29, 0.717) is 0 Å². The molecule has 1 aromatic heterocycles. The van der Waals surface area contributed by atoms with E-state index < -0.39 is 0 Å². The number of benzene rings is 1. The summed E-state index contributed by atoms with van der Waals surface area (Å²) in [4.78, 5) is 3.25. The summed E-state index contributed by atoms with van der Waals surface area (Å²) in [5, 5.41) is 1.33. The van der Waals surface area contributed by atoms with Crippen molar-refractivity contribution in [3.8, 4) is 0 Å². The number of nitrogens with one attached hydrogen (secondary N) is 1. The number of fused-ring (bicyclic) bond motifs is 1. The van der Waals surface area contributed by atoms with Crippen molar-refractivity contribution in [1.82, 2.24) is 4.98 Å². The molecule has 0 atom stereocenters. The third kappa shape index (κ3) is 2.18. The summed E-state index contributed by atoms with van der Waals surface area (Å²) < 4.78 is 1.14. The van der Waals surface area contributed by atoms with Gasteiger partial charge >= 0.3 is 0 Å². The molecule has 0 saturated carbocycles. The van der Waals surface area contributed by atoms with Gasteiger partial charge in [-0.15, -0.1) is 0 Å². The Morgan fingerprint density at radius 3 is 2.64 bits per heavy atom.